The molecule has 1 aliphatic heterocycles. The summed E-state index contributed by atoms with van der Waals surface area (Å²) in [6.45, 7) is 6.20. The van der Waals surface area contributed by atoms with Crippen LogP contribution in [0.4, 0.5) is 11.4 Å². The van der Waals surface area contributed by atoms with E-state index in [1.54, 1.807) is 29.2 Å². The molecule has 0 aromatic heterocycles. The van der Waals surface area contributed by atoms with Crippen LogP contribution in [0.3, 0.4) is 0 Å². The number of hydrazine groups is 1. The minimum Gasteiger partial charge on any atom is -0.339 e. The van der Waals surface area contributed by atoms with Crippen molar-refractivity contribution in [1.29, 1.82) is 0 Å². The van der Waals surface area contributed by atoms with Gasteiger partial charge in [-0.15, -0.1) is 0 Å². The Bertz CT molecular complexity index is 985. The first-order chi connectivity index (χ1) is 14.4. The molecule has 0 unspecified atom stereocenters. The van der Waals surface area contributed by atoms with E-state index in [0.29, 0.717) is 24.5 Å². The molecule has 3 rings (SSSR count). The highest BCUT2D eigenvalue weighted by molar-refractivity contribution is 6.43. The summed E-state index contributed by atoms with van der Waals surface area (Å²) in [5.41, 5.74) is 5.90. The molecule has 0 saturated carbocycles. The number of nitrogens with zero attached hydrogens (tertiary/aromatic N) is 3. The molecule has 156 valence electrons. The van der Waals surface area contributed by atoms with E-state index in [-0.39, 0.29) is 24.2 Å². The summed E-state index contributed by atoms with van der Waals surface area (Å²) in [5.74, 6) is -0.707. The molecule has 1 heterocycles. The van der Waals surface area contributed by atoms with Crippen LogP contribution in [0.1, 0.15) is 25.0 Å². The Kier molecular flexibility index (Phi) is 6.46. The molecule has 3 amide bonds. The van der Waals surface area contributed by atoms with Crippen molar-refractivity contribution in [2.24, 2.45) is 4.99 Å². The number of aliphatic imine (C=N–C) groups is 1. The monoisotopic (exact) mass is 407 g/mol. The topological polar surface area (TPSA) is 94.1 Å². The van der Waals surface area contributed by atoms with Crippen LogP contribution in [0.5, 0.6) is 0 Å². The Hall–Kier alpha value is -3.68. The van der Waals surface area contributed by atoms with Crippen LogP contribution in [0, 0.1) is 6.92 Å². The molecule has 0 bridgehead atoms. The Balaban J connectivity index is 1.75. The third kappa shape index (κ3) is 4.83. The van der Waals surface area contributed by atoms with Crippen molar-refractivity contribution in [3.63, 3.8) is 0 Å². The first-order valence-corrected chi connectivity index (χ1v) is 9.74. The quantitative estimate of drug-likeness (QED) is 0.768. The highest BCUT2D eigenvalue weighted by Crippen LogP contribution is 2.19. The molecule has 0 aliphatic carbocycles. The molecule has 0 radical (unpaired) electrons. The number of para-hydroxylation sites is 1. The van der Waals surface area contributed by atoms with E-state index < -0.39 is 5.91 Å². The van der Waals surface area contributed by atoms with Gasteiger partial charge in [-0.2, -0.15) is 0 Å². The van der Waals surface area contributed by atoms with Crippen LogP contribution < -0.4 is 15.8 Å². The molecule has 2 N–H and O–H groups in total. The van der Waals surface area contributed by atoms with Crippen molar-refractivity contribution in [2.75, 3.05) is 23.4 Å². The zero-order valence-corrected chi connectivity index (χ0v) is 17.3. The lowest BCUT2D eigenvalue weighted by Crippen LogP contribution is -2.54. The number of amides is 3. The van der Waals surface area contributed by atoms with Gasteiger partial charge in [0.2, 0.25) is 11.7 Å². The van der Waals surface area contributed by atoms with Gasteiger partial charge in [0.25, 0.3) is 11.8 Å². The van der Waals surface area contributed by atoms with E-state index >= 15 is 0 Å². The molecule has 0 fully saturated rings. The predicted molar refractivity (Wildman–Crippen MR) is 116 cm³/mol. The van der Waals surface area contributed by atoms with E-state index in [4.69, 9.17) is 0 Å². The molecule has 8 heteroatoms. The summed E-state index contributed by atoms with van der Waals surface area (Å²) in [6.07, 6.45) is 0. The first kappa shape index (κ1) is 21.0. The summed E-state index contributed by atoms with van der Waals surface area (Å²) in [4.78, 5) is 42.6. The van der Waals surface area contributed by atoms with Gasteiger partial charge < -0.3 is 10.2 Å². The van der Waals surface area contributed by atoms with Crippen molar-refractivity contribution < 1.29 is 14.4 Å². The predicted octanol–water partition coefficient (Wildman–Crippen LogP) is 2.25. The van der Waals surface area contributed by atoms with Gasteiger partial charge in [-0.25, -0.2) is 5.01 Å². The van der Waals surface area contributed by atoms with Crippen molar-refractivity contribution in [1.82, 2.24) is 10.3 Å². The zero-order valence-electron chi connectivity index (χ0n) is 17.3. The maximum absolute atomic E-state index is 12.8. The minimum atomic E-state index is -0.460. The van der Waals surface area contributed by atoms with Crippen molar-refractivity contribution in [3.8, 4) is 0 Å². The fourth-order valence-corrected chi connectivity index (χ4v) is 3.06. The molecule has 0 spiro atoms. The molecule has 8 nitrogen and oxygen atoms in total. The standard InChI is InChI=1S/C22H25N5O3/c1-4-26(16(3)28)14-17-7-5-6-8-19(17)24-22(30)21-23-13-20(29)27(25-21)18-11-9-15(2)10-12-18/h5-12H,4,13-14H2,1-3H3,(H,23,25)(H,24,30). The summed E-state index contributed by atoms with van der Waals surface area (Å²) in [6, 6.07) is 14.7. The summed E-state index contributed by atoms with van der Waals surface area (Å²) >= 11 is 0. The third-order valence-electron chi connectivity index (χ3n) is 4.80. The lowest BCUT2D eigenvalue weighted by Gasteiger charge is -2.28. The smallest absolute Gasteiger partial charge is 0.292 e. The number of carbonyl (C=O) groups excluding carboxylic acids is 3. The van der Waals surface area contributed by atoms with Gasteiger partial charge in [-0.3, -0.25) is 24.8 Å². The number of benzene rings is 2. The maximum Gasteiger partial charge on any atom is 0.292 e. The number of carbonyl (C=O) groups is 3. The Morgan fingerprint density at radius 2 is 1.87 bits per heavy atom. The Morgan fingerprint density at radius 3 is 2.53 bits per heavy atom. The summed E-state index contributed by atoms with van der Waals surface area (Å²) < 4.78 is 0. The van der Waals surface area contributed by atoms with Crippen LogP contribution in [-0.2, 0) is 20.9 Å². The average Bonchev–Trinajstić information content (AvgIpc) is 2.73. The average molecular weight is 407 g/mol. The summed E-state index contributed by atoms with van der Waals surface area (Å²) in [5, 5.41) is 4.16. The second-order valence-electron chi connectivity index (χ2n) is 6.99. The highest BCUT2D eigenvalue weighted by Gasteiger charge is 2.26. The fraction of sp³-hybridized carbons (Fsp3) is 0.273. The largest absolute Gasteiger partial charge is 0.339 e. The lowest BCUT2D eigenvalue weighted by atomic mass is 10.1. The summed E-state index contributed by atoms with van der Waals surface area (Å²) in [7, 11) is 0. The van der Waals surface area contributed by atoms with Crippen molar-refractivity contribution >= 4 is 34.9 Å². The number of amidine groups is 1. The van der Waals surface area contributed by atoms with Gasteiger partial charge >= 0.3 is 0 Å². The maximum atomic E-state index is 12.8. The third-order valence-corrected chi connectivity index (χ3v) is 4.80. The molecule has 30 heavy (non-hydrogen) atoms. The van der Waals surface area contributed by atoms with Gasteiger partial charge in [-0.05, 0) is 37.6 Å². The van der Waals surface area contributed by atoms with Gasteiger partial charge in [0.15, 0.2) is 0 Å². The number of anilines is 2. The van der Waals surface area contributed by atoms with E-state index in [9.17, 15) is 14.4 Å². The number of hydrogen-bond acceptors (Lipinski definition) is 5. The van der Waals surface area contributed by atoms with E-state index in [1.807, 2.05) is 38.1 Å². The normalized spacial score (nSPS) is 13.4. The van der Waals surface area contributed by atoms with Crippen LogP contribution in [0.25, 0.3) is 0 Å². The molecule has 2 aromatic carbocycles. The van der Waals surface area contributed by atoms with E-state index in [1.165, 1.54) is 11.9 Å². The molecular formula is C22H25N5O3. The molecular weight excluding hydrogens is 382 g/mol. The van der Waals surface area contributed by atoms with Gasteiger partial charge in [0, 0.05) is 25.7 Å². The number of aryl methyl sites for hydroxylation is 1. The van der Waals surface area contributed by atoms with Crippen LogP contribution in [0.2, 0.25) is 0 Å². The van der Waals surface area contributed by atoms with Crippen molar-refractivity contribution in [3.05, 3.63) is 59.7 Å². The SMILES string of the molecule is CCN(Cc1ccccc1NC(=O)C1=NCC(=O)N(c2ccc(C)cc2)N1)C(C)=O. The Labute approximate surface area is 175 Å². The number of rotatable bonds is 6. The van der Waals surface area contributed by atoms with Crippen molar-refractivity contribution in [2.45, 2.75) is 27.3 Å². The zero-order chi connectivity index (χ0) is 21.7. The van der Waals surface area contributed by atoms with Crippen LogP contribution >= 0.6 is 0 Å². The Morgan fingerprint density at radius 1 is 1.17 bits per heavy atom. The van der Waals surface area contributed by atoms with E-state index in [2.05, 4.69) is 15.7 Å². The van der Waals surface area contributed by atoms with Gasteiger partial charge in [0.05, 0.1) is 5.69 Å². The molecule has 2 aromatic rings. The lowest BCUT2D eigenvalue weighted by molar-refractivity contribution is -0.129. The van der Waals surface area contributed by atoms with Crippen LogP contribution in [0.15, 0.2) is 53.5 Å². The van der Waals surface area contributed by atoms with E-state index in [0.717, 1.165) is 11.1 Å². The molecule has 0 atom stereocenters. The molecule has 1 aliphatic rings. The second kappa shape index (κ2) is 9.21. The first-order valence-electron chi connectivity index (χ1n) is 9.74. The number of hydrogen-bond donors (Lipinski definition) is 2. The highest BCUT2D eigenvalue weighted by atomic mass is 16.2. The van der Waals surface area contributed by atoms with Gasteiger partial charge in [0.1, 0.15) is 6.54 Å². The minimum absolute atomic E-state index is 0.0378. The number of nitrogens with one attached hydrogen (secondary N) is 2. The fourth-order valence-electron chi connectivity index (χ4n) is 3.06. The van der Waals surface area contributed by atoms with Gasteiger partial charge in [-0.1, -0.05) is 35.9 Å². The second-order valence-corrected chi connectivity index (χ2v) is 6.99. The van der Waals surface area contributed by atoms with Crippen LogP contribution in [-0.4, -0.2) is 41.5 Å². The molecule has 0 saturated heterocycles.